The van der Waals surface area contributed by atoms with Crippen molar-refractivity contribution in [1.82, 2.24) is 0 Å². The Bertz CT molecular complexity index is 328. The van der Waals surface area contributed by atoms with Crippen LogP contribution >= 0.6 is 11.6 Å². The Kier molecular flexibility index (Phi) is 3.92. The summed E-state index contributed by atoms with van der Waals surface area (Å²) >= 11 is 5.79. The van der Waals surface area contributed by atoms with Gasteiger partial charge in [0.2, 0.25) is 0 Å². The van der Waals surface area contributed by atoms with E-state index in [1.807, 2.05) is 6.07 Å². The van der Waals surface area contributed by atoms with Crippen molar-refractivity contribution in [1.29, 1.82) is 0 Å². The Labute approximate surface area is 87.8 Å². The van der Waals surface area contributed by atoms with Crippen molar-refractivity contribution in [2.75, 3.05) is 7.11 Å². The van der Waals surface area contributed by atoms with E-state index in [9.17, 15) is 4.79 Å². The fourth-order valence-electron chi connectivity index (χ4n) is 1.12. The summed E-state index contributed by atoms with van der Waals surface area (Å²) in [5.41, 5.74) is 6.62. The lowest BCUT2D eigenvalue weighted by molar-refractivity contribution is -0.141. The summed E-state index contributed by atoms with van der Waals surface area (Å²) in [5.74, 6) is -0.322. The summed E-state index contributed by atoms with van der Waals surface area (Å²) in [4.78, 5) is 10.9. The fraction of sp³-hybridized carbons (Fsp3) is 0.300. The first-order valence-corrected chi connectivity index (χ1v) is 4.59. The number of halogens is 1. The third-order valence-electron chi connectivity index (χ3n) is 1.89. The van der Waals surface area contributed by atoms with Crippen LogP contribution < -0.4 is 5.73 Å². The average molecular weight is 214 g/mol. The largest absolute Gasteiger partial charge is 0.469 e. The molecule has 1 aromatic rings. The van der Waals surface area contributed by atoms with E-state index in [2.05, 4.69) is 4.74 Å². The monoisotopic (exact) mass is 213 g/mol. The van der Waals surface area contributed by atoms with E-state index in [0.717, 1.165) is 5.56 Å². The van der Waals surface area contributed by atoms with E-state index >= 15 is 0 Å². The zero-order valence-corrected chi connectivity index (χ0v) is 8.62. The maximum atomic E-state index is 10.9. The smallest absolute Gasteiger partial charge is 0.307 e. The van der Waals surface area contributed by atoms with E-state index in [0.29, 0.717) is 5.02 Å². The lowest BCUT2D eigenvalue weighted by Gasteiger charge is -2.10. The van der Waals surface area contributed by atoms with Gasteiger partial charge in [0.15, 0.2) is 0 Å². The topological polar surface area (TPSA) is 52.3 Å². The SMILES string of the molecule is COC(=O)CC(N)c1cccc(Cl)c1. The van der Waals surface area contributed by atoms with E-state index in [1.54, 1.807) is 18.2 Å². The number of methoxy groups -OCH3 is 1. The van der Waals surface area contributed by atoms with Crippen LogP contribution in [0, 0.1) is 0 Å². The Balaban J connectivity index is 2.69. The second-order valence-electron chi connectivity index (χ2n) is 2.94. The second kappa shape index (κ2) is 4.98. The quantitative estimate of drug-likeness (QED) is 0.781. The highest BCUT2D eigenvalue weighted by Crippen LogP contribution is 2.18. The molecule has 0 radical (unpaired) electrons. The standard InChI is InChI=1S/C10H12ClNO2/c1-14-10(13)6-9(12)7-3-2-4-8(11)5-7/h2-5,9H,6,12H2,1H3. The number of esters is 1. The van der Waals surface area contributed by atoms with Gasteiger partial charge in [0.1, 0.15) is 0 Å². The summed E-state index contributed by atoms with van der Waals surface area (Å²) in [6, 6.07) is 6.78. The molecule has 0 aliphatic rings. The number of carbonyl (C=O) groups is 1. The van der Waals surface area contributed by atoms with Gasteiger partial charge >= 0.3 is 5.97 Å². The van der Waals surface area contributed by atoms with Crippen LogP contribution in [-0.2, 0) is 9.53 Å². The van der Waals surface area contributed by atoms with Gasteiger partial charge in [0.25, 0.3) is 0 Å². The van der Waals surface area contributed by atoms with Crippen LogP contribution in [0.1, 0.15) is 18.0 Å². The van der Waals surface area contributed by atoms with Gasteiger partial charge in [-0.3, -0.25) is 4.79 Å². The molecule has 2 N–H and O–H groups in total. The summed E-state index contributed by atoms with van der Waals surface area (Å²) in [5, 5.41) is 0.614. The number of hydrogen-bond acceptors (Lipinski definition) is 3. The van der Waals surface area contributed by atoms with Crippen LogP contribution in [0.25, 0.3) is 0 Å². The molecule has 0 saturated carbocycles. The maximum absolute atomic E-state index is 10.9. The minimum Gasteiger partial charge on any atom is -0.469 e. The maximum Gasteiger partial charge on any atom is 0.307 e. The molecular formula is C10H12ClNO2. The summed E-state index contributed by atoms with van der Waals surface area (Å²) in [7, 11) is 1.34. The van der Waals surface area contributed by atoms with Gasteiger partial charge in [-0.1, -0.05) is 23.7 Å². The summed E-state index contributed by atoms with van der Waals surface area (Å²) < 4.78 is 4.52. The number of nitrogens with two attached hydrogens (primary N) is 1. The van der Waals surface area contributed by atoms with Crippen LogP contribution in [0.4, 0.5) is 0 Å². The van der Waals surface area contributed by atoms with Gasteiger partial charge in [0, 0.05) is 11.1 Å². The number of rotatable bonds is 3. The van der Waals surface area contributed by atoms with Crippen molar-refractivity contribution < 1.29 is 9.53 Å². The molecular weight excluding hydrogens is 202 g/mol. The third kappa shape index (κ3) is 3.01. The van der Waals surface area contributed by atoms with Crippen LogP contribution in [0.15, 0.2) is 24.3 Å². The Morgan fingerprint density at radius 3 is 2.93 bits per heavy atom. The van der Waals surface area contributed by atoms with E-state index in [-0.39, 0.29) is 18.4 Å². The molecule has 0 aliphatic carbocycles. The van der Waals surface area contributed by atoms with Crippen LogP contribution in [-0.4, -0.2) is 13.1 Å². The Hall–Kier alpha value is -1.06. The molecule has 0 bridgehead atoms. The van der Waals surface area contributed by atoms with Crippen molar-refractivity contribution in [2.45, 2.75) is 12.5 Å². The molecule has 3 nitrogen and oxygen atoms in total. The van der Waals surface area contributed by atoms with Gasteiger partial charge in [-0.25, -0.2) is 0 Å². The average Bonchev–Trinajstić information content (AvgIpc) is 2.17. The van der Waals surface area contributed by atoms with Gasteiger partial charge in [-0.05, 0) is 17.7 Å². The van der Waals surface area contributed by atoms with E-state index in [4.69, 9.17) is 17.3 Å². The number of benzene rings is 1. The molecule has 76 valence electrons. The van der Waals surface area contributed by atoms with Gasteiger partial charge in [-0.2, -0.15) is 0 Å². The highest BCUT2D eigenvalue weighted by molar-refractivity contribution is 6.30. The predicted molar refractivity (Wildman–Crippen MR) is 55.0 cm³/mol. The molecule has 0 saturated heterocycles. The van der Waals surface area contributed by atoms with Crippen LogP contribution in [0.3, 0.4) is 0 Å². The lowest BCUT2D eigenvalue weighted by atomic mass is 10.1. The van der Waals surface area contributed by atoms with Crippen molar-refractivity contribution >= 4 is 17.6 Å². The molecule has 4 heteroatoms. The first-order chi connectivity index (χ1) is 6.63. The molecule has 1 unspecified atom stereocenters. The Morgan fingerprint density at radius 1 is 1.64 bits per heavy atom. The molecule has 0 fully saturated rings. The predicted octanol–water partition coefficient (Wildman–Crippen LogP) is 1.90. The normalized spacial score (nSPS) is 12.2. The van der Waals surface area contributed by atoms with Crippen LogP contribution in [0.2, 0.25) is 5.02 Å². The first-order valence-electron chi connectivity index (χ1n) is 4.21. The van der Waals surface area contributed by atoms with Crippen LogP contribution in [0.5, 0.6) is 0 Å². The molecule has 1 atom stereocenters. The third-order valence-corrected chi connectivity index (χ3v) is 2.13. The highest BCUT2D eigenvalue weighted by Gasteiger charge is 2.11. The summed E-state index contributed by atoms with van der Waals surface area (Å²) in [6.45, 7) is 0. The molecule has 1 rings (SSSR count). The van der Waals surface area contributed by atoms with Gasteiger partial charge in [0.05, 0.1) is 13.5 Å². The minimum atomic E-state index is -0.360. The number of carbonyl (C=O) groups excluding carboxylic acids is 1. The molecule has 0 amide bonds. The summed E-state index contributed by atoms with van der Waals surface area (Å²) in [6.07, 6.45) is 0.164. The number of ether oxygens (including phenoxy) is 1. The van der Waals surface area contributed by atoms with E-state index in [1.165, 1.54) is 7.11 Å². The second-order valence-corrected chi connectivity index (χ2v) is 3.38. The minimum absolute atomic E-state index is 0.164. The zero-order valence-electron chi connectivity index (χ0n) is 7.87. The molecule has 0 spiro atoms. The highest BCUT2D eigenvalue weighted by atomic mass is 35.5. The van der Waals surface area contributed by atoms with Crippen molar-refractivity contribution in [3.8, 4) is 0 Å². The lowest BCUT2D eigenvalue weighted by Crippen LogP contribution is -2.16. The molecule has 14 heavy (non-hydrogen) atoms. The van der Waals surface area contributed by atoms with Gasteiger partial charge in [-0.15, -0.1) is 0 Å². The molecule has 1 aromatic carbocycles. The first kappa shape index (κ1) is 11.0. The van der Waals surface area contributed by atoms with Gasteiger partial charge < -0.3 is 10.5 Å². The molecule has 0 aromatic heterocycles. The zero-order chi connectivity index (χ0) is 10.6. The molecule has 0 heterocycles. The van der Waals surface area contributed by atoms with Crippen molar-refractivity contribution in [3.05, 3.63) is 34.9 Å². The number of hydrogen-bond donors (Lipinski definition) is 1. The van der Waals surface area contributed by atoms with Crippen molar-refractivity contribution in [3.63, 3.8) is 0 Å². The van der Waals surface area contributed by atoms with Crippen molar-refractivity contribution in [2.24, 2.45) is 5.73 Å². The Morgan fingerprint density at radius 2 is 2.36 bits per heavy atom. The van der Waals surface area contributed by atoms with E-state index < -0.39 is 0 Å². The molecule has 0 aliphatic heterocycles. The fourth-order valence-corrected chi connectivity index (χ4v) is 1.32.